The van der Waals surface area contributed by atoms with Gasteiger partial charge in [-0.3, -0.25) is 4.90 Å². The first-order chi connectivity index (χ1) is 12.7. The van der Waals surface area contributed by atoms with Crippen LogP contribution < -0.4 is 9.64 Å². The first kappa shape index (κ1) is 19.5. The molecule has 2 aliphatic heterocycles. The Morgan fingerprint density at radius 1 is 1.04 bits per heavy atom. The first-order valence-corrected chi connectivity index (χ1v) is 10.6. The minimum Gasteiger partial charge on any atom is -0.496 e. The third kappa shape index (κ3) is 4.34. The molecule has 1 unspecified atom stereocenters. The number of hydrogen-bond acceptors (Lipinski definition) is 4. The molecule has 0 N–H and O–H groups in total. The lowest BCUT2D eigenvalue weighted by Crippen LogP contribution is -2.53. The minimum atomic E-state index is 0.546. The number of piperidine rings is 1. The molecule has 0 radical (unpaired) electrons. The van der Waals surface area contributed by atoms with E-state index in [1.54, 1.807) is 7.11 Å². The van der Waals surface area contributed by atoms with Crippen molar-refractivity contribution in [3.8, 4) is 5.75 Å². The van der Waals surface area contributed by atoms with E-state index in [9.17, 15) is 0 Å². The number of likely N-dealkylation sites (tertiary alicyclic amines) is 1. The molecule has 1 atom stereocenters. The monoisotopic (exact) mass is 359 g/mol. The molecule has 1 aromatic carbocycles. The Bertz CT molecular complexity index is 561. The van der Waals surface area contributed by atoms with Gasteiger partial charge >= 0.3 is 0 Å². The summed E-state index contributed by atoms with van der Waals surface area (Å²) in [5.41, 5.74) is 2.65. The smallest absolute Gasteiger partial charge is 0.124 e. The lowest BCUT2D eigenvalue weighted by atomic mass is 9.97. The summed E-state index contributed by atoms with van der Waals surface area (Å²) < 4.78 is 5.70. The van der Waals surface area contributed by atoms with E-state index in [1.807, 2.05) is 0 Å². The number of ether oxygens (including phenoxy) is 1. The molecule has 2 aliphatic rings. The molecule has 0 bridgehead atoms. The molecule has 0 spiro atoms. The molecule has 3 rings (SSSR count). The van der Waals surface area contributed by atoms with E-state index in [2.05, 4.69) is 53.7 Å². The van der Waals surface area contributed by atoms with Gasteiger partial charge in [-0.15, -0.1) is 0 Å². The van der Waals surface area contributed by atoms with Crippen LogP contribution in [-0.2, 0) is 0 Å². The molecule has 2 fully saturated rings. The molecule has 0 aliphatic carbocycles. The van der Waals surface area contributed by atoms with Crippen LogP contribution in [0.15, 0.2) is 18.2 Å². The van der Waals surface area contributed by atoms with Gasteiger partial charge in [-0.05, 0) is 56.4 Å². The average molecular weight is 360 g/mol. The summed E-state index contributed by atoms with van der Waals surface area (Å²) in [4.78, 5) is 7.84. The van der Waals surface area contributed by atoms with Crippen molar-refractivity contribution in [1.29, 1.82) is 0 Å². The van der Waals surface area contributed by atoms with E-state index in [-0.39, 0.29) is 0 Å². The zero-order chi connectivity index (χ0) is 18.5. The van der Waals surface area contributed by atoms with E-state index >= 15 is 0 Å². The van der Waals surface area contributed by atoms with Crippen LogP contribution in [0.3, 0.4) is 0 Å². The van der Waals surface area contributed by atoms with Crippen molar-refractivity contribution in [3.63, 3.8) is 0 Å². The summed E-state index contributed by atoms with van der Waals surface area (Å²) >= 11 is 0. The Kier molecular flexibility index (Phi) is 6.82. The van der Waals surface area contributed by atoms with Crippen molar-refractivity contribution in [1.82, 2.24) is 9.80 Å². The van der Waals surface area contributed by atoms with E-state index in [0.717, 1.165) is 31.3 Å². The molecule has 4 nitrogen and oxygen atoms in total. The van der Waals surface area contributed by atoms with Crippen molar-refractivity contribution in [3.05, 3.63) is 23.8 Å². The number of nitrogens with zero attached hydrogens (tertiary/aromatic N) is 3. The van der Waals surface area contributed by atoms with Gasteiger partial charge in [0.05, 0.1) is 7.11 Å². The molecular weight excluding hydrogens is 322 g/mol. The van der Waals surface area contributed by atoms with E-state index in [1.165, 1.54) is 56.8 Å². The van der Waals surface area contributed by atoms with Crippen LogP contribution in [0.2, 0.25) is 0 Å². The highest BCUT2D eigenvalue weighted by molar-refractivity contribution is 5.55. The Hall–Kier alpha value is -1.26. The second kappa shape index (κ2) is 9.09. The molecule has 2 heterocycles. The van der Waals surface area contributed by atoms with Crippen molar-refractivity contribution in [2.75, 3.05) is 57.8 Å². The summed E-state index contributed by atoms with van der Waals surface area (Å²) in [6.07, 6.45) is 3.82. The predicted octanol–water partition coefficient (Wildman–Crippen LogP) is 3.82. The first-order valence-electron chi connectivity index (χ1n) is 10.6. The second-order valence-corrected chi connectivity index (χ2v) is 7.92. The summed E-state index contributed by atoms with van der Waals surface area (Å²) in [7, 11) is 1.80. The van der Waals surface area contributed by atoms with Crippen molar-refractivity contribution >= 4 is 5.69 Å². The maximum Gasteiger partial charge on any atom is 0.124 e. The number of methoxy groups -OCH3 is 1. The maximum atomic E-state index is 5.70. The lowest BCUT2D eigenvalue weighted by molar-refractivity contribution is 0.106. The fourth-order valence-corrected chi connectivity index (χ4v) is 4.47. The molecule has 26 heavy (non-hydrogen) atoms. The lowest BCUT2D eigenvalue weighted by Gasteiger charge is -2.43. The molecule has 2 saturated heterocycles. The SMILES string of the molecule is CCC(C)c1ccc(N2CCN(C3CCN(CC)CC3)CC2)cc1OC. The number of piperazine rings is 1. The van der Waals surface area contributed by atoms with E-state index in [4.69, 9.17) is 4.74 Å². The van der Waals surface area contributed by atoms with Crippen LogP contribution in [0.5, 0.6) is 5.75 Å². The fraction of sp³-hybridized carbons (Fsp3) is 0.727. The van der Waals surface area contributed by atoms with Crippen LogP contribution in [0, 0.1) is 0 Å². The normalized spacial score (nSPS) is 21.8. The topological polar surface area (TPSA) is 19.0 Å². The highest BCUT2D eigenvalue weighted by atomic mass is 16.5. The quantitative estimate of drug-likeness (QED) is 0.769. The van der Waals surface area contributed by atoms with Crippen molar-refractivity contribution in [2.24, 2.45) is 0 Å². The summed E-state index contributed by atoms with van der Waals surface area (Å²) in [5.74, 6) is 1.59. The van der Waals surface area contributed by atoms with Gasteiger partial charge < -0.3 is 14.5 Å². The van der Waals surface area contributed by atoms with Crippen LogP contribution in [0.4, 0.5) is 5.69 Å². The summed E-state index contributed by atoms with van der Waals surface area (Å²) in [6, 6.07) is 7.60. The molecule has 1 aromatic rings. The predicted molar refractivity (Wildman–Crippen MR) is 111 cm³/mol. The van der Waals surface area contributed by atoms with Gasteiger partial charge in [-0.25, -0.2) is 0 Å². The summed E-state index contributed by atoms with van der Waals surface area (Å²) in [5, 5.41) is 0. The van der Waals surface area contributed by atoms with E-state index in [0.29, 0.717) is 5.92 Å². The van der Waals surface area contributed by atoms with Crippen LogP contribution >= 0.6 is 0 Å². The zero-order valence-electron chi connectivity index (χ0n) is 17.2. The maximum absolute atomic E-state index is 5.70. The Morgan fingerprint density at radius 2 is 1.73 bits per heavy atom. The summed E-state index contributed by atoms with van der Waals surface area (Å²) in [6.45, 7) is 15.2. The van der Waals surface area contributed by atoms with Crippen LogP contribution in [0.1, 0.15) is 51.5 Å². The van der Waals surface area contributed by atoms with Gasteiger partial charge in [0.2, 0.25) is 0 Å². The van der Waals surface area contributed by atoms with Crippen LogP contribution in [0.25, 0.3) is 0 Å². The molecule has 0 amide bonds. The third-order valence-corrected chi connectivity index (χ3v) is 6.56. The molecule has 4 heteroatoms. The molecule has 0 aromatic heterocycles. The Balaban J connectivity index is 1.58. The Morgan fingerprint density at radius 3 is 2.31 bits per heavy atom. The van der Waals surface area contributed by atoms with Crippen molar-refractivity contribution in [2.45, 2.75) is 52.0 Å². The van der Waals surface area contributed by atoms with Gasteiger partial charge in [-0.2, -0.15) is 0 Å². The van der Waals surface area contributed by atoms with Gasteiger partial charge in [0.1, 0.15) is 5.75 Å². The van der Waals surface area contributed by atoms with Gasteiger partial charge in [0.25, 0.3) is 0 Å². The van der Waals surface area contributed by atoms with Gasteiger partial charge in [0, 0.05) is 44.0 Å². The highest BCUT2D eigenvalue weighted by Crippen LogP contribution is 2.33. The average Bonchev–Trinajstić information content (AvgIpc) is 2.73. The second-order valence-electron chi connectivity index (χ2n) is 7.92. The fourth-order valence-electron chi connectivity index (χ4n) is 4.47. The largest absolute Gasteiger partial charge is 0.496 e. The van der Waals surface area contributed by atoms with E-state index < -0.39 is 0 Å². The number of benzene rings is 1. The third-order valence-electron chi connectivity index (χ3n) is 6.56. The van der Waals surface area contributed by atoms with Gasteiger partial charge in [0.15, 0.2) is 0 Å². The number of rotatable bonds is 6. The van der Waals surface area contributed by atoms with Gasteiger partial charge in [-0.1, -0.05) is 26.8 Å². The highest BCUT2D eigenvalue weighted by Gasteiger charge is 2.27. The Labute approximate surface area is 160 Å². The molecule has 0 saturated carbocycles. The zero-order valence-corrected chi connectivity index (χ0v) is 17.2. The number of anilines is 1. The standard InChI is InChI=1S/C22H37N3O/c1-5-18(3)21-8-7-20(17-22(21)26-4)25-15-13-24(14-16-25)19-9-11-23(6-2)12-10-19/h7-8,17-19H,5-6,9-16H2,1-4H3. The van der Waals surface area contributed by atoms with Crippen molar-refractivity contribution < 1.29 is 4.74 Å². The number of hydrogen-bond donors (Lipinski definition) is 0. The molecule has 146 valence electrons. The minimum absolute atomic E-state index is 0.546. The molecular formula is C22H37N3O. The van der Waals surface area contributed by atoms with Crippen LogP contribution in [-0.4, -0.2) is 68.8 Å².